The zero-order valence-electron chi connectivity index (χ0n) is 14.8. The Morgan fingerprint density at radius 1 is 1.04 bits per heavy atom. The molecule has 3 aromatic heterocycles. The number of hydrogen-bond donors (Lipinski definition) is 2. The Hall–Kier alpha value is -3.58. The maximum atomic E-state index is 6.32. The van der Waals surface area contributed by atoms with Gasteiger partial charge in [-0.1, -0.05) is 11.6 Å². The zero-order valence-corrected chi connectivity index (χ0v) is 15.6. The van der Waals surface area contributed by atoms with Gasteiger partial charge in [-0.3, -0.25) is 9.67 Å². The molecule has 0 amide bonds. The molecule has 0 aliphatic rings. The molecule has 7 nitrogen and oxygen atoms in total. The first-order valence-corrected chi connectivity index (χ1v) is 8.96. The van der Waals surface area contributed by atoms with Crippen LogP contribution < -0.4 is 10.1 Å². The second-order valence-electron chi connectivity index (χ2n) is 6.32. The van der Waals surface area contributed by atoms with Crippen molar-refractivity contribution in [2.45, 2.75) is 0 Å². The van der Waals surface area contributed by atoms with Crippen LogP contribution in [0.15, 0.2) is 61.2 Å². The number of hydrogen-bond acceptors (Lipinski definition) is 5. The van der Waals surface area contributed by atoms with Crippen molar-refractivity contribution in [3.05, 3.63) is 66.2 Å². The SMILES string of the molecule is COc1ccc2cn(-c3ncc(Cl)c(Nc4ccc5[nH]ncc5c4)n3)cc2c1. The largest absolute Gasteiger partial charge is 0.497 e. The average molecular weight is 391 g/mol. The highest BCUT2D eigenvalue weighted by molar-refractivity contribution is 6.32. The molecule has 0 bridgehead atoms. The quantitative estimate of drug-likeness (QED) is 0.464. The Bertz CT molecular complexity index is 1310. The van der Waals surface area contributed by atoms with Crippen molar-refractivity contribution in [3.8, 4) is 11.7 Å². The van der Waals surface area contributed by atoms with E-state index in [1.807, 2.05) is 53.4 Å². The fraction of sp³-hybridized carbons (Fsp3) is 0.0500. The Morgan fingerprint density at radius 3 is 2.82 bits per heavy atom. The van der Waals surface area contributed by atoms with E-state index in [0.29, 0.717) is 16.8 Å². The summed E-state index contributed by atoms with van der Waals surface area (Å²) in [5.41, 5.74) is 1.83. The number of ether oxygens (including phenoxy) is 1. The van der Waals surface area contributed by atoms with Gasteiger partial charge in [0.1, 0.15) is 10.8 Å². The van der Waals surface area contributed by atoms with Gasteiger partial charge in [0.25, 0.3) is 0 Å². The van der Waals surface area contributed by atoms with Gasteiger partial charge >= 0.3 is 0 Å². The topological polar surface area (TPSA) is 80.6 Å². The Kier molecular flexibility index (Phi) is 3.87. The summed E-state index contributed by atoms with van der Waals surface area (Å²) >= 11 is 6.32. The van der Waals surface area contributed by atoms with Gasteiger partial charge in [-0.05, 0) is 36.4 Å². The van der Waals surface area contributed by atoms with Crippen LogP contribution in [0, 0.1) is 0 Å². The Morgan fingerprint density at radius 2 is 1.93 bits per heavy atom. The number of rotatable bonds is 4. The molecule has 5 aromatic rings. The summed E-state index contributed by atoms with van der Waals surface area (Å²) in [5, 5.41) is 13.8. The van der Waals surface area contributed by atoms with Gasteiger partial charge in [0.05, 0.1) is 25.0 Å². The zero-order chi connectivity index (χ0) is 19.1. The second kappa shape index (κ2) is 6.54. The lowest BCUT2D eigenvalue weighted by atomic mass is 10.2. The fourth-order valence-corrected chi connectivity index (χ4v) is 3.23. The molecule has 0 aliphatic heterocycles. The number of nitrogens with zero attached hydrogens (tertiary/aromatic N) is 4. The van der Waals surface area contributed by atoms with Gasteiger partial charge in [-0.15, -0.1) is 0 Å². The van der Waals surface area contributed by atoms with Crippen LogP contribution in [0.5, 0.6) is 5.75 Å². The minimum absolute atomic E-state index is 0.439. The lowest BCUT2D eigenvalue weighted by Crippen LogP contribution is -2.02. The van der Waals surface area contributed by atoms with Crippen molar-refractivity contribution in [2.75, 3.05) is 12.4 Å². The maximum absolute atomic E-state index is 6.32. The van der Waals surface area contributed by atoms with Crippen LogP contribution >= 0.6 is 11.6 Å². The van der Waals surface area contributed by atoms with Crippen molar-refractivity contribution >= 4 is 44.8 Å². The predicted molar refractivity (Wildman–Crippen MR) is 110 cm³/mol. The van der Waals surface area contributed by atoms with Crippen LogP contribution in [0.2, 0.25) is 5.02 Å². The van der Waals surface area contributed by atoms with Gasteiger partial charge in [-0.2, -0.15) is 10.1 Å². The third-order valence-electron chi connectivity index (χ3n) is 4.52. The summed E-state index contributed by atoms with van der Waals surface area (Å²) in [6.45, 7) is 0. The number of methoxy groups -OCH3 is 1. The van der Waals surface area contributed by atoms with Crippen molar-refractivity contribution < 1.29 is 4.74 Å². The number of nitrogens with one attached hydrogen (secondary N) is 2. The van der Waals surface area contributed by atoms with E-state index in [1.54, 1.807) is 19.5 Å². The van der Waals surface area contributed by atoms with Crippen LogP contribution in [0.1, 0.15) is 0 Å². The summed E-state index contributed by atoms with van der Waals surface area (Å²) in [7, 11) is 1.65. The molecule has 28 heavy (non-hydrogen) atoms. The number of halogens is 1. The van der Waals surface area contributed by atoms with Gasteiger partial charge < -0.3 is 10.1 Å². The summed E-state index contributed by atoms with van der Waals surface area (Å²) in [6.07, 6.45) is 7.29. The Labute approximate surface area is 164 Å². The first kappa shape index (κ1) is 16.6. The van der Waals surface area contributed by atoms with Crippen molar-refractivity contribution in [2.24, 2.45) is 0 Å². The minimum atomic E-state index is 0.439. The van der Waals surface area contributed by atoms with E-state index in [2.05, 4.69) is 25.5 Å². The molecule has 0 unspecified atom stereocenters. The lowest BCUT2D eigenvalue weighted by Gasteiger charge is -2.09. The molecular weight excluding hydrogens is 376 g/mol. The highest BCUT2D eigenvalue weighted by atomic mass is 35.5. The van der Waals surface area contributed by atoms with E-state index in [4.69, 9.17) is 16.3 Å². The number of aromatic nitrogens is 5. The van der Waals surface area contributed by atoms with Crippen LogP contribution in [0.4, 0.5) is 11.5 Å². The highest BCUT2D eigenvalue weighted by Gasteiger charge is 2.10. The van der Waals surface area contributed by atoms with Gasteiger partial charge in [0.15, 0.2) is 5.82 Å². The van der Waals surface area contributed by atoms with Gasteiger partial charge in [0.2, 0.25) is 5.95 Å². The summed E-state index contributed by atoms with van der Waals surface area (Å²) in [6, 6.07) is 11.8. The Balaban J connectivity index is 1.51. The second-order valence-corrected chi connectivity index (χ2v) is 6.73. The third kappa shape index (κ3) is 2.91. The van der Waals surface area contributed by atoms with E-state index < -0.39 is 0 Å². The normalized spacial score (nSPS) is 11.2. The predicted octanol–water partition coefficient (Wildman–Crippen LogP) is 4.70. The minimum Gasteiger partial charge on any atom is -0.497 e. The maximum Gasteiger partial charge on any atom is 0.235 e. The van der Waals surface area contributed by atoms with Crippen molar-refractivity contribution in [1.29, 1.82) is 0 Å². The molecule has 0 saturated carbocycles. The lowest BCUT2D eigenvalue weighted by molar-refractivity contribution is 0.415. The smallest absolute Gasteiger partial charge is 0.235 e. The van der Waals surface area contributed by atoms with Crippen LogP contribution in [0.3, 0.4) is 0 Å². The van der Waals surface area contributed by atoms with Gasteiger partial charge in [0, 0.05) is 34.2 Å². The number of anilines is 2. The van der Waals surface area contributed by atoms with Gasteiger partial charge in [-0.25, -0.2) is 4.98 Å². The average Bonchev–Trinajstić information content (AvgIpc) is 3.35. The standard InChI is InChI=1S/C20H15ClN6O/c1-28-16-4-2-12-10-27(11-14(12)7-16)20-22-9-17(21)19(25-20)24-15-3-5-18-13(6-15)8-23-26-18/h2-11H,1H3,(H,23,26)(H,22,24,25). The molecule has 2 N–H and O–H groups in total. The first-order valence-electron chi connectivity index (χ1n) is 8.58. The number of benzene rings is 2. The van der Waals surface area contributed by atoms with E-state index >= 15 is 0 Å². The molecule has 0 atom stereocenters. The summed E-state index contributed by atoms with van der Waals surface area (Å²) in [5.74, 6) is 1.86. The fourth-order valence-electron chi connectivity index (χ4n) is 3.09. The molecule has 138 valence electrons. The van der Waals surface area contributed by atoms with Crippen LogP contribution in [-0.4, -0.2) is 31.8 Å². The molecule has 0 spiro atoms. The van der Waals surface area contributed by atoms with Crippen LogP contribution in [0.25, 0.3) is 27.6 Å². The molecule has 3 heterocycles. The third-order valence-corrected chi connectivity index (χ3v) is 4.79. The molecule has 2 aromatic carbocycles. The monoisotopic (exact) mass is 390 g/mol. The number of aromatic amines is 1. The molecule has 0 radical (unpaired) electrons. The van der Waals surface area contributed by atoms with Crippen molar-refractivity contribution in [3.63, 3.8) is 0 Å². The first-order chi connectivity index (χ1) is 13.7. The van der Waals surface area contributed by atoms with E-state index in [9.17, 15) is 0 Å². The van der Waals surface area contributed by atoms with Crippen molar-refractivity contribution in [1.82, 2.24) is 24.7 Å². The summed E-state index contributed by atoms with van der Waals surface area (Å²) in [4.78, 5) is 8.96. The molecule has 0 aliphatic carbocycles. The number of H-pyrrole nitrogens is 1. The molecule has 0 fully saturated rings. The summed E-state index contributed by atoms with van der Waals surface area (Å²) < 4.78 is 7.15. The van der Waals surface area contributed by atoms with E-state index in [1.165, 1.54) is 0 Å². The van der Waals surface area contributed by atoms with E-state index in [0.717, 1.165) is 33.1 Å². The molecule has 8 heteroatoms. The highest BCUT2D eigenvalue weighted by Crippen LogP contribution is 2.27. The molecule has 0 saturated heterocycles. The van der Waals surface area contributed by atoms with E-state index in [-0.39, 0.29) is 0 Å². The molecule has 5 rings (SSSR count). The number of fused-ring (bicyclic) bond motifs is 2. The van der Waals surface area contributed by atoms with Crippen LogP contribution in [-0.2, 0) is 0 Å². The molecular formula is C20H15ClN6O.